The SMILES string of the molecule is COc1ccc(NC(C(F)(F)F)C2(C(=O)OCc3ccccc3)Cc3ccccc3C2=O)cc1. The number of ketones is 1. The molecule has 0 bridgehead atoms. The molecule has 4 rings (SSSR count). The summed E-state index contributed by atoms with van der Waals surface area (Å²) in [5.74, 6) is -1.68. The summed E-state index contributed by atoms with van der Waals surface area (Å²) in [6.45, 7) is -0.252. The lowest BCUT2D eigenvalue weighted by atomic mass is 9.75. The van der Waals surface area contributed by atoms with Crippen LogP contribution in [-0.2, 0) is 22.6 Å². The van der Waals surface area contributed by atoms with Gasteiger partial charge in [0, 0.05) is 11.3 Å². The van der Waals surface area contributed by atoms with Crippen LogP contribution < -0.4 is 10.1 Å². The second-order valence-electron chi connectivity index (χ2n) is 8.04. The van der Waals surface area contributed by atoms with Crippen molar-refractivity contribution in [1.82, 2.24) is 0 Å². The van der Waals surface area contributed by atoms with Gasteiger partial charge in [0.2, 0.25) is 0 Å². The van der Waals surface area contributed by atoms with E-state index in [-0.39, 0.29) is 17.9 Å². The normalized spacial score (nSPS) is 18.2. The molecule has 1 aliphatic carbocycles. The molecule has 1 aliphatic rings. The lowest BCUT2D eigenvalue weighted by Crippen LogP contribution is -2.58. The molecule has 5 nitrogen and oxygen atoms in total. The van der Waals surface area contributed by atoms with Gasteiger partial charge in [-0.3, -0.25) is 9.59 Å². The van der Waals surface area contributed by atoms with Crippen molar-refractivity contribution < 1.29 is 32.2 Å². The quantitative estimate of drug-likeness (QED) is 0.380. The summed E-state index contributed by atoms with van der Waals surface area (Å²) in [5, 5.41) is 2.40. The first-order valence-corrected chi connectivity index (χ1v) is 10.6. The van der Waals surface area contributed by atoms with Crippen molar-refractivity contribution in [2.45, 2.75) is 25.2 Å². The number of methoxy groups -OCH3 is 1. The topological polar surface area (TPSA) is 64.6 Å². The van der Waals surface area contributed by atoms with Crippen LogP contribution in [0.5, 0.6) is 5.75 Å². The van der Waals surface area contributed by atoms with Crippen LogP contribution in [-0.4, -0.2) is 31.1 Å². The number of Topliss-reactive ketones (excluding diaryl/α,β-unsaturated/α-hetero) is 1. The van der Waals surface area contributed by atoms with Crippen LogP contribution in [0.3, 0.4) is 0 Å². The molecule has 0 heterocycles. The Balaban J connectivity index is 1.75. The van der Waals surface area contributed by atoms with E-state index in [1.807, 2.05) is 0 Å². The number of hydrogen-bond donors (Lipinski definition) is 1. The zero-order chi connectivity index (χ0) is 24.3. The highest BCUT2D eigenvalue weighted by Crippen LogP contribution is 2.47. The maximum atomic E-state index is 14.5. The van der Waals surface area contributed by atoms with Crippen LogP contribution in [0.4, 0.5) is 18.9 Å². The number of ether oxygens (including phenoxy) is 2. The lowest BCUT2D eigenvalue weighted by molar-refractivity contribution is -0.182. The number of carbonyl (C=O) groups excluding carboxylic acids is 2. The zero-order valence-corrected chi connectivity index (χ0v) is 18.3. The summed E-state index contributed by atoms with van der Waals surface area (Å²) in [4.78, 5) is 26.9. The van der Waals surface area contributed by atoms with Crippen molar-refractivity contribution in [3.05, 3.63) is 95.6 Å². The van der Waals surface area contributed by atoms with Crippen molar-refractivity contribution in [1.29, 1.82) is 0 Å². The number of rotatable bonds is 7. The van der Waals surface area contributed by atoms with Gasteiger partial charge in [0.15, 0.2) is 11.2 Å². The third kappa shape index (κ3) is 4.35. The van der Waals surface area contributed by atoms with E-state index in [0.717, 1.165) is 0 Å². The van der Waals surface area contributed by atoms with E-state index in [9.17, 15) is 22.8 Å². The number of carbonyl (C=O) groups is 2. The first-order valence-electron chi connectivity index (χ1n) is 10.6. The van der Waals surface area contributed by atoms with Crippen LogP contribution in [0.25, 0.3) is 0 Å². The van der Waals surface area contributed by atoms with Crippen molar-refractivity contribution in [2.75, 3.05) is 12.4 Å². The first kappa shape index (κ1) is 23.4. The Labute approximate surface area is 194 Å². The molecule has 1 N–H and O–H groups in total. The molecule has 2 unspecified atom stereocenters. The number of alkyl halides is 3. The zero-order valence-electron chi connectivity index (χ0n) is 18.3. The second-order valence-corrected chi connectivity index (χ2v) is 8.04. The molecule has 0 aliphatic heterocycles. The standard InChI is InChI=1S/C26H22F3NO4/c1-33-20-13-11-19(12-14-20)30-23(26(27,28)29)25(15-18-9-5-6-10-21(18)22(25)31)24(32)34-16-17-7-3-2-4-8-17/h2-14,23,30H,15-16H2,1H3. The van der Waals surface area contributed by atoms with E-state index < -0.39 is 35.8 Å². The summed E-state index contributed by atoms with van der Waals surface area (Å²) in [6.07, 6.45) is -5.37. The molecule has 0 spiro atoms. The number of nitrogens with one attached hydrogen (secondary N) is 1. The number of halogens is 3. The summed E-state index contributed by atoms with van der Waals surface area (Å²) >= 11 is 0. The summed E-state index contributed by atoms with van der Waals surface area (Å²) in [5.41, 5.74) is -1.38. The highest BCUT2D eigenvalue weighted by Gasteiger charge is 2.65. The predicted molar refractivity (Wildman–Crippen MR) is 120 cm³/mol. The van der Waals surface area contributed by atoms with Crippen molar-refractivity contribution in [3.63, 3.8) is 0 Å². The van der Waals surface area contributed by atoms with Gasteiger partial charge in [0.1, 0.15) is 18.4 Å². The van der Waals surface area contributed by atoms with Gasteiger partial charge in [-0.25, -0.2) is 0 Å². The van der Waals surface area contributed by atoms with Crippen molar-refractivity contribution >= 4 is 17.4 Å². The fourth-order valence-electron chi connectivity index (χ4n) is 4.22. The molecular weight excluding hydrogens is 447 g/mol. The van der Waals surface area contributed by atoms with E-state index in [4.69, 9.17) is 9.47 Å². The van der Waals surface area contributed by atoms with Gasteiger partial charge in [-0.15, -0.1) is 0 Å². The van der Waals surface area contributed by atoms with Gasteiger partial charge in [0.05, 0.1) is 7.11 Å². The summed E-state index contributed by atoms with van der Waals surface area (Å²) < 4.78 is 54.0. The molecule has 176 valence electrons. The molecule has 0 saturated heterocycles. The molecular formula is C26H22F3NO4. The third-order valence-electron chi connectivity index (χ3n) is 5.93. The highest BCUT2D eigenvalue weighted by molar-refractivity contribution is 6.17. The average molecular weight is 469 g/mol. The summed E-state index contributed by atoms with van der Waals surface area (Å²) in [7, 11) is 1.44. The minimum absolute atomic E-state index is 0.0853. The van der Waals surface area contributed by atoms with E-state index >= 15 is 0 Å². The summed E-state index contributed by atoms with van der Waals surface area (Å²) in [6, 6.07) is 18.0. The van der Waals surface area contributed by atoms with Gasteiger partial charge in [-0.1, -0.05) is 54.6 Å². The largest absolute Gasteiger partial charge is 0.497 e. The minimum Gasteiger partial charge on any atom is -0.497 e. The molecule has 3 aromatic carbocycles. The van der Waals surface area contributed by atoms with E-state index in [1.54, 1.807) is 48.5 Å². The Bertz CT molecular complexity index is 1180. The smallest absolute Gasteiger partial charge is 0.410 e. The molecule has 3 aromatic rings. The molecule has 0 fully saturated rings. The fraction of sp³-hybridized carbons (Fsp3) is 0.231. The number of benzene rings is 3. The van der Waals surface area contributed by atoms with Gasteiger partial charge in [-0.2, -0.15) is 13.2 Å². The molecule has 0 radical (unpaired) electrons. The maximum Gasteiger partial charge on any atom is 0.410 e. The average Bonchev–Trinajstić information content (AvgIpc) is 3.14. The van der Waals surface area contributed by atoms with E-state index in [0.29, 0.717) is 16.9 Å². The number of hydrogen-bond acceptors (Lipinski definition) is 5. The maximum absolute atomic E-state index is 14.5. The van der Waals surface area contributed by atoms with Crippen molar-refractivity contribution in [2.24, 2.45) is 5.41 Å². The van der Waals surface area contributed by atoms with Crippen molar-refractivity contribution in [3.8, 4) is 5.75 Å². The predicted octanol–water partition coefficient (Wildman–Crippen LogP) is 5.21. The molecule has 2 atom stereocenters. The second kappa shape index (κ2) is 9.21. The van der Waals surface area contributed by atoms with E-state index in [1.165, 1.54) is 37.4 Å². The van der Waals surface area contributed by atoms with Gasteiger partial charge in [-0.05, 0) is 41.8 Å². The lowest BCUT2D eigenvalue weighted by Gasteiger charge is -2.36. The highest BCUT2D eigenvalue weighted by atomic mass is 19.4. The number of esters is 1. The Morgan fingerprint density at radius 2 is 1.65 bits per heavy atom. The van der Waals surface area contributed by atoms with Crippen LogP contribution in [0.1, 0.15) is 21.5 Å². The number of anilines is 1. The Hall–Kier alpha value is -3.81. The molecule has 34 heavy (non-hydrogen) atoms. The fourth-order valence-corrected chi connectivity index (χ4v) is 4.22. The van der Waals surface area contributed by atoms with Crippen LogP contribution in [0.15, 0.2) is 78.9 Å². The number of fused-ring (bicyclic) bond motifs is 1. The molecule has 0 saturated carbocycles. The Kier molecular flexibility index (Phi) is 6.32. The first-order chi connectivity index (χ1) is 16.3. The van der Waals surface area contributed by atoms with E-state index in [2.05, 4.69) is 5.32 Å². The molecule has 0 amide bonds. The Morgan fingerprint density at radius 3 is 2.26 bits per heavy atom. The van der Waals surface area contributed by atoms with Gasteiger partial charge in [0.25, 0.3) is 0 Å². The Morgan fingerprint density at radius 1 is 1.00 bits per heavy atom. The van der Waals surface area contributed by atoms with Gasteiger partial charge < -0.3 is 14.8 Å². The van der Waals surface area contributed by atoms with Crippen LogP contribution in [0, 0.1) is 5.41 Å². The van der Waals surface area contributed by atoms with Gasteiger partial charge >= 0.3 is 12.1 Å². The molecule has 0 aromatic heterocycles. The molecule has 8 heteroatoms. The van der Waals surface area contributed by atoms with Crippen LogP contribution in [0.2, 0.25) is 0 Å². The van der Waals surface area contributed by atoms with Crippen LogP contribution >= 0.6 is 0 Å². The minimum atomic E-state index is -4.94. The third-order valence-corrected chi connectivity index (χ3v) is 5.93. The monoisotopic (exact) mass is 469 g/mol.